The molecule has 0 bridgehead atoms. The van der Waals surface area contributed by atoms with E-state index in [-0.39, 0.29) is 18.0 Å². The molecule has 1 aromatic heterocycles. The van der Waals surface area contributed by atoms with Gasteiger partial charge in [0.15, 0.2) is 11.5 Å². The van der Waals surface area contributed by atoms with Crippen molar-refractivity contribution in [2.75, 3.05) is 26.1 Å². The number of anilines is 1. The van der Waals surface area contributed by atoms with Gasteiger partial charge in [-0.1, -0.05) is 12.1 Å². The van der Waals surface area contributed by atoms with Crippen LogP contribution >= 0.6 is 0 Å². The number of carbonyl (C=O) groups is 1. The van der Waals surface area contributed by atoms with Gasteiger partial charge < -0.3 is 19.5 Å². The maximum atomic E-state index is 13.4. The molecule has 0 aliphatic carbocycles. The highest BCUT2D eigenvalue weighted by Gasteiger charge is 2.17. The summed E-state index contributed by atoms with van der Waals surface area (Å²) in [6, 6.07) is 19.3. The molecule has 0 aliphatic rings. The maximum absolute atomic E-state index is 13.4. The highest BCUT2D eigenvalue weighted by atomic mass is 16.5. The highest BCUT2D eigenvalue weighted by molar-refractivity contribution is 5.91. The van der Waals surface area contributed by atoms with Gasteiger partial charge in [-0.3, -0.25) is 14.2 Å². The Bertz CT molecular complexity index is 1380. The van der Waals surface area contributed by atoms with Crippen molar-refractivity contribution in [2.24, 2.45) is 0 Å². The zero-order valence-corrected chi connectivity index (χ0v) is 19.2. The molecule has 0 fully saturated rings. The van der Waals surface area contributed by atoms with Gasteiger partial charge in [0.05, 0.1) is 31.7 Å². The summed E-state index contributed by atoms with van der Waals surface area (Å²) >= 11 is 0. The average Bonchev–Trinajstić information content (AvgIpc) is 2.86. The van der Waals surface area contributed by atoms with E-state index in [1.54, 1.807) is 67.8 Å². The van der Waals surface area contributed by atoms with E-state index in [9.17, 15) is 9.59 Å². The van der Waals surface area contributed by atoms with E-state index >= 15 is 0 Å². The van der Waals surface area contributed by atoms with E-state index in [1.165, 1.54) is 11.7 Å². The van der Waals surface area contributed by atoms with Crippen LogP contribution in [0.15, 0.2) is 71.5 Å². The summed E-state index contributed by atoms with van der Waals surface area (Å²) < 4.78 is 17.5. The molecule has 0 saturated heterocycles. The van der Waals surface area contributed by atoms with Crippen LogP contribution in [0.2, 0.25) is 0 Å². The summed E-state index contributed by atoms with van der Waals surface area (Å²) in [4.78, 5) is 31.0. The molecule has 8 nitrogen and oxygen atoms in total. The van der Waals surface area contributed by atoms with E-state index < -0.39 is 0 Å². The molecule has 1 amide bonds. The van der Waals surface area contributed by atoms with Crippen molar-refractivity contribution < 1.29 is 19.0 Å². The topological polar surface area (TPSA) is 91.7 Å². The Morgan fingerprint density at radius 3 is 2.41 bits per heavy atom. The lowest BCUT2D eigenvalue weighted by atomic mass is 10.1. The summed E-state index contributed by atoms with van der Waals surface area (Å²) in [6.45, 7) is 2.25. The Balaban J connectivity index is 1.73. The predicted molar refractivity (Wildman–Crippen MR) is 131 cm³/mol. The van der Waals surface area contributed by atoms with Gasteiger partial charge in [0.2, 0.25) is 5.91 Å². The Morgan fingerprint density at radius 2 is 1.71 bits per heavy atom. The zero-order chi connectivity index (χ0) is 24.1. The number of hydrogen-bond donors (Lipinski definition) is 1. The minimum absolute atomic E-state index is 0.215. The first-order chi connectivity index (χ1) is 16.5. The number of amides is 1. The van der Waals surface area contributed by atoms with Crippen LogP contribution in [0.5, 0.6) is 17.2 Å². The van der Waals surface area contributed by atoms with Gasteiger partial charge in [-0.15, -0.1) is 0 Å². The number of rotatable bonds is 8. The SMILES string of the molecule is CCOc1ccc(NC(=O)Cn2c(-c3ccc(OC)c(OC)c3)nc3ccccc3c2=O)cc1. The average molecular weight is 460 g/mol. The number of carbonyl (C=O) groups excluding carboxylic acids is 1. The number of hydrogen-bond acceptors (Lipinski definition) is 6. The fourth-order valence-electron chi connectivity index (χ4n) is 3.66. The monoisotopic (exact) mass is 459 g/mol. The number of fused-ring (bicyclic) bond motifs is 1. The zero-order valence-electron chi connectivity index (χ0n) is 19.2. The van der Waals surface area contributed by atoms with Gasteiger partial charge in [0, 0.05) is 11.3 Å². The first-order valence-electron chi connectivity index (χ1n) is 10.8. The molecule has 0 unspecified atom stereocenters. The molecule has 0 aliphatic heterocycles. The van der Waals surface area contributed by atoms with Gasteiger partial charge in [0.1, 0.15) is 18.1 Å². The number of nitrogens with one attached hydrogen (secondary N) is 1. The molecule has 1 heterocycles. The molecule has 0 atom stereocenters. The standard InChI is InChI=1S/C26H25N3O5/c1-4-34-19-12-10-18(11-13-19)27-24(30)16-29-25(17-9-14-22(32-2)23(15-17)33-3)28-21-8-6-5-7-20(21)26(29)31/h5-15H,4,16H2,1-3H3,(H,27,30). The van der Waals surface area contributed by atoms with Crippen LogP contribution in [0.1, 0.15) is 6.92 Å². The van der Waals surface area contributed by atoms with Crippen LogP contribution in [-0.2, 0) is 11.3 Å². The second-order valence-corrected chi connectivity index (χ2v) is 7.42. The van der Waals surface area contributed by atoms with Crippen molar-refractivity contribution >= 4 is 22.5 Å². The lowest BCUT2D eigenvalue weighted by Gasteiger charge is -2.15. The smallest absolute Gasteiger partial charge is 0.262 e. The van der Waals surface area contributed by atoms with E-state index in [0.29, 0.717) is 51.8 Å². The third-order valence-electron chi connectivity index (χ3n) is 5.25. The Morgan fingerprint density at radius 1 is 0.971 bits per heavy atom. The number of benzene rings is 3. The van der Waals surface area contributed by atoms with Crippen LogP contribution in [0, 0.1) is 0 Å². The fourth-order valence-corrected chi connectivity index (χ4v) is 3.66. The number of para-hydroxylation sites is 1. The summed E-state index contributed by atoms with van der Waals surface area (Å²) in [6.07, 6.45) is 0. The molecule has 4 rings (SSSR count). The van der Waals surface area contributed by atoms with Gasteiger partial charge in [-0.25, -0.2) is 4.98 Å². The van der Waals surface area contributed by atoms with Crippen molar-refractivity contribution in [3.63, 3.8) is 0 Å². The largest absolute Gasteiger partial charge is 0.494 e. The molecule has 0 spiro atoms. The molecule has 1 N–H and O–H groups in total. The first-order valence-corrected chi connectivity index (χ1v) is 10.8. The van der Waals surface area contributed by atoms with Crippen molar-refractivity contribution in [3.05, 3.63) is 77.1 Å². The van der Waals surface area contributed by atoms with E-state index in [4.69, 9.17) is 19.2 Å². The summed E-state index contributed by atoms with van der Waals surface area (Å²) in [5.41, 5.74) is 1.45. The Labute approximate surface area is 196 Å². The fraction of sp³-hybridized carbons (Fsp3) is 0.192. The van der Waals surface area contributed by atoms with Gasteiger partial charge in [-0.2, -0.15) is 0 Å². The minimum Gasteiger partial charge on any atom is -0.494 e. The van der Waals surface area contributed by atoms with E-state index in [2.05, 4.69) is 5.32 Å². The maximum Gasteiger partial charge on any atom is 0.262 e. The van der Waals surface area contributed by atoms with Crippen molar-refractivity contribution in [1.82, 2.24) is 9.55 Å². The molecule has 174 valence electrons. The Kier molecular flexibility index (Phi) is 6.77. The van der Waals surface area contributed by atoms with Gasteiger partial charge >= 0.3 is 0 Å². The van der Waals surface area contributed by atoms with Crippen molar-refractivity contribution in [2.45, 2.75) is 13.5 Å². The van der Waals surface area contributed by atoms with Crippen LogP contribution < -0.4 is 25.1 Å². The van der Waals surface area contributed by atoms with E-state index in [1.807, 2.05) is 13.0 Å². The predicted octanol–water partition coefficient (Wildman–Crippen LogP) is 4.12. The normalized spacial score (nSPS) is 10.7. The van der Waals surface area contributed by atoms with Crippen LogP contribution in [0.3, 0.4) is 0 Å². The lowest BCUT2D eigenvalue weighted by Crippen LogP contribution is -2.30. The molecule has 3 aromatic carbocycles. The summed E-state index contributed by atoms with van der Waals surface area (Å²) in [7, 11) is 3.08. The summed E-state index contributed by atoms with van der Waals surface area (Å²) in [5, 5.41) is 3.26. The number of ether oxygens (including phenoxy) is 3. The third-order valence-corrected chi connectivity index (χ3v) is 5.25. The summed E-state index contributed by atoms with van der Waals surface area (Å²) in [5.74, 6) is 1.75. The molecule has 8 heteroatoms. The first kappa shape index (κ1) is 22.8. The highest BCUT2D eigenvalue weighted by Crippen LogP contribution is 2.31. The molecule has 0 saturated carbocycles. The number of aromatic nitrogens is 2. The van der Waals surface area contributed by atoms with Gasteiger partial charge in [0.25, 0.3) is 5.56 Å². The lowest BCUT2D eigenvalue weighted by molar-refractivity contribution is -0.116. The minimum atomic E-state index is -0.356. The third kappa shape index (κ3) is 4.71. The van der Waals surface area contributed by atoms with E-state index in [0.717, 1.165) is 0 Å². The molecule has 0 radical (unpaired) electrons. The van der Waals surface area contributed by atoms with Crippen LogP contribution in [0.4, 0.5) is 5.69 Å². The van der Waals surface area contributed by atoms with Crippen LogP contribution in [0.25, 0.3) is 22.3 Å². The second kappa shape index (κ2) is 10.1. The van der Waals surface area contributed by atoms with Crippen molar-refractivity contribution in [1.29, 1.82) is 0 Å². The molecule has 4 aromatic rings. The molecular weight excluding hydrogens is 434 g/mol. The molecular formula is C26H25N3O5. The second-order valence-electron chi connectivity index (χ2n) is 7.42. The van der Waals surface area contributed by atoms with Crippen molar-refractivity contribution in [3.8, 4) is 28.6 Å². The number of methoxy groups -OCH3 is 2. The quantitative estimate of drug-likeness (QED) is 0.426. The van der Waals surface area contributed by atoms with Crippen LogP contribution in [-0.4, -0.2) is 36.3 Å². The molecule has 34 heavy (non-hydrogen) atoms. The van der Waals surface area contributed by atoms with Gasteiger partial charge in [-0.05, 0) is 61.5 Å². The Hall–Kier alpha value is -4.33. The number of nitrogens with zero attached hydrogens (tertiary/aromatic N) is 2.